The van der Waals surface area contributed by atoms with Crippen LogP contribution in [0, 0.1) is 0 Å². The van der Waals surface area contributed by atoms with Crippen molar-refractivity contribution >= 4 is 23.1 Å². The van der Waals surface area contributed by atoms with Gasteiger partial charge in [-0.05, 0) is 30.1 Å². The molecule has 1 fully saturated rings. The SMILES string of the molecule is CCCc1nnsc1C(=O)NCCN1CCN(c2ccccc2OC)CC1. The number of nitrogens with zero attached hydrogens (tertiary/aromatic N) is 4. The van der Waals surface area contributed by atoms with Crippen molar-refractivity contribution in [1.82, 2.24) is 19.8 Å². The summed E-state index contributed by atoms with van der Waals surface area (Å²) in [4.78, 5) is 17.7. The van der Waals surface area contributed by atoms with Gasteiger partial charge in [-0.2, -0.15) is 0 Å². The minimum absolute atomic E-state index is 0.0545. The number of anilines is 1. The molecule has 0 atom stereocenters. The second-order valence-electron chi connectivity index (χ2n) is 6.56. The third kappa shape index (κ3) is 4.95. The number of hydrogen-bond donors (Lipinski definition) is 1. The number of carbonyl (C=O) groups excluding carboxylic acids is 1. The summed E-state index contributed by atoms with van der Waals surface area (Å²) < 4.78 is 9.38. The van der Waals surface area contributed by atoms with E-state index in [4.69, 9.17) is 4.74 Å². The maximum atomic E-state index is 12.3. The number of ether oxygens (including phenoxy) is 1. The van der Waals surface area contributed by atoms with E-state index in [0.29, 0.717) is 11.4 Å². The van der Waals surface area contributed by atoms with Crippen molar-refractivity contribution in [2.45, 2.75) is 19.8 Å². The fourth-order valence-electron chi connectivity index (χ4n) is 3.29. The van der Waals surface area contributed by atoms with Crippen molar-refractivity contribution in [3.05, 3.63) is 34.8 Å². The van der Waals surface area contributed by atoms with Crippen LogP contribution in [0.15, 0.2) is 24.3 Å². The number of para-hydroxylation sites is 2. The Kier molecular flexibility index (Phi) is 7.00. The Balaban J connectivity index is 1.43. The summed E-state index contributed by atoms with van der Waals surface area (Å²) in [5.41, 5.74) is 1.96. The average molecular weight is 390 g/mol. The predicted octanol–water partition coefficient (Wildman–Crippen LogP) is 2.05. The van der Waals surface area contributed by atoms with E-state index in [1.807, 2.05) is 18.2 Å². The molecule has 1 aromatic carbocycles. The van der Waals surface area contributed by atoms with Crippen molar-refractivity contribution in [1.29, 1.82) is 0 Å². The van der Waals surface area contributed by atoms with Gasteiger partial charge in [0.15, 0.2) is 0 Å². The topological polar surface area (TPSA) is 70.6 Å². The molecule has 0 saturated carbocycles. The maximum Gasteiger partial charge on any atom is 0.264 e. The summed E-state index contributed by atoms with van der Waals surface area (Å²) in [5, 5.41) is 7.07. The Bertz CT molecular complexity index is 743. The lowest BCUT2D eigenvalue weighted by Gasteiger charge is -2.36. The fourth-order valence-corrected chi connectivity index (χ4v) is 3.92. The lowest BCUT2D eigenvalue weighted by Crippen LogP contribution is -2.48. The Morgan fingerprint density at radius 1 is 1.26 bits per heavy atom. The molecule has 0 aliphatic carbocycles. The quantitative estimate of drug-likeness (QED) is 0.745. The molecule has 146 valence electrons. The minimum Gasteiger partial charge on any atom is -0.495 e. The number of hydrogen-bond acceptors (Lipinski definition) is 7. The molecule has 1 aliphatic heterocycles. The molecule has 27 heavy (non-hydrogen) atoms. The van der Waals surface area contributed by atoms with Gasteiger partial charge in [0, 0.05) is 39.3 Å². The maximum absolute atomic E-state index is 12.3. The average Bonchev–Trinajstić information content (AvgIpc) is 3.17. The van der Waals surface area contributed by atoms with Crippen LogP contribution in [0.1, 0.15) is 28.7 Å². The first-order valence-corrected chi connectivity index (χ1v) is 10.2. The van der Waals surface area contributed by atoms with Crippen LogP contribution in [-0.2, 0) is 6.42 Å². The molecule has 8 heteroatoms. The van der Waals surface area contributed by atoms with Crippen LogP contribution in [0.3, 0.4) is 0 Å². The van der Waals surface area contributed by atoms with Crippen LogP contribution in [-0.4, -0.2) is 66.8 Å². The first-order valence-electron chi connectivity index (χ1n) is 9.42. The van der Waals surface area contributed by atoms with Gasteiger partial charge in [0.1, 0.15) is 10.6 Å². The molecule has 2 aromatic rings. The fraction of sp³-hybridized carbons (Fsp3) is 0.526. The molecule has 1 aromatic heterocycles. The summed E-state index contributed by atoms with van der Waals surface area (Å²) in [5.74, 6) is 0.861. The zero-order chi connectivity index (χ0) is 19.1. The molecule has 1 amide bonds. The lowest BCUT2D eigenvalue weighted by molar-refractivity contribution is 0.0950. The first-order chi connectivity index (χ1) is 13.2. The molecule has 1 N–H and O–H groups in total. The van der Waals surface area contributed by atoms with Gasteiger partial charge in [-0.15, -0.1) is 5.10 Å². The Morgan fingerprint density at radius 2 is 2.04 bits per heavy atom. The zero-order valence-electron chi connectivity index (χ0n) is 16.0. The summed E-state index contributed by atoms with van der Waals surface area (Å²) in [6, 6.07) is 8.14. The Morgan fingerprint density at radius 3 is 2.78 bits per heavy atom. The zero-order valence-corrected chi connectivity index (χ0v) is 16.8. The van der Waals surface area contributed by atoms with Gasteiger partial charge in [0.05, 0.1) is 18.5 Å². The van der Waals surface area contributed by atoms with E-state index in [9.17, 15) is 4.79 Å². The molecule has 1 saturated heterocycles. The number of methoxy groups -OCH3 is 1. The lowest BCUT2D eigenvalue weighted by atomic mass is 10.2. The van der Waals surface area contributed by atoms with Crippen LogP contribution < -0.4 is 15.0 Å². The van der Waals surface area contributed by atoms with E-state index in [2.05, 4.69) is 37.7 Å². The number of aryl methyl sites for hydroxylation is 1. The van der Waals surface area contributed by atoms with Crippen molar-refractivity contribution < 1.29 is 9.53 Å². The number of rotatable bonds is 8. The number of nitrogens with one attached hydrogen (secondary N) is 1. The standard InChI is InChI=1S/C19H27N5O2S/c1-3-6-15-18(27-22-21-15)19(25)20-9-10-23-11-13-24(14-12-23)16-7-4-5-8-17(16)26-2/h4-5,7-8H,3,6,9-14H2,1-2H3,(H,20,25). The number of piperazine rings is 1. The van der Waals surface area contributed by atoms with E-state index in [0.717, 1.165) is 62.7 Å². The van der Waals surface area contributed by atoms with E-state index in [-0.39, 0.29) is 5.91 Å². The third-order valence-corrected chi connectivity index (χ3v) is 5.53. The van der Waals surface area contributed by atoms with E-state index in [1.54, 1.807) is 7.11 Å². The van der Waals surface area contributed by atoms with E-state index < -0.39 is 0 Å². The normalized spacial score (nSPS) is 15.0. The summed E-state index contributed by atoms with van der Waals surface area (Å²) in [7, 11) is 1.71. The molecule has 0 unspecified atom stereocenters. The highest BCUT2D eigenvalue weighted by molar-refractivity contribution is 7.08. The van der Waals surface area contributed by atoms with Crippen molar-refractivity contribution in [3.63, 3.8) is 0 Å². The second-order valence-corrected chi connectivity index (χ2v) is 7.31. The summed E-state index contributed by atoms with van der Waals surface area (Å²) in [6.07, 6.45) is 1.76. The number of amides is 1. The smallest absolute Gasteiger partial charge is 0.264 e. The van der Waals surface area contributed by atoms with Gasteiger partial charge in [0.25, 0.3) is 5.91 Å². The van der Waals surface area contributed by atoms with Crippen LogP contribution in [0.4, 0.5) is 5.69 Å². The van der Waals surface area contributed by atoms with Gasteiger partial charge >= 0.3 is 0 Å². The first kappa shape index (κ1) is 19.6. The van der Waals surface area contributed by atoms with Crippen LogP contribution in [0.25, 0.3) is 0 Å². The van der Waals surface area contributed by atoms with Crippen molar-refractivity contribution in [2.75, 3.05) is 51.3 Å². The van der Waals surface area contributed by atoms with Crippen LogP contribution >= 0.6 is 11.5 Å². The van der Waals surface area contributed by atoms with E-state index in [1.165, 1.54) is 11.5 Å². The van der Waals surface area contributed by atoms with Crippen LogP contribution in [0.5, 0.6) is 5.75 Å². The molecule has 0 bridgehead atoms. The number of aromatic nitrogens is 2. The number of carbonyl (C=O) groups is 1. The predicted molar refractivity (Wildman–Crippen MR) is 108 cm³/mol. The van der Waals surface area contributed by atoms with Crippen molar-refractivity contribution in [2.24, 2.45) is 0 Å². The van der Waals surface area contributed by atoms with Crippen LogP contribution in [0.2, 0.25) is 0 Å². The monoisotopic (exact) mass is 389 g/mol. The van der Waals surface area contributed by atoms with Gasteiger partial charge in [-0.25, -0.2) is 0 Å². The summed E-state index contributed by atoms with van der Waals surface area (Å²) >= 11 is 1.18. The van der Waals surface area contributed by atoms with Gasteiger partial charge in [-0.3, -0.25) is 9.69 Å². The van der Waals surface area contributed by atoms with Gasteiger partial charge in [0.2, 0.25) is 0 Å². The molecule has 2 heterocycles. The highest BCUT2D eigenvalue weighted by Gasteiger charge is 2.20. The molecular formula is C19H27N5O2S. The molecular weight excluding hydrogens is 362 g/mol. The largest absolute Gasteiger partial charge is 0.495 e. The highest BCUT2D eigenvalue weighted by atomic mass is 32.1. The van der Waals surface area contributed by atoms with Gasteiger partial charge < -0.3 is 15.0 Å². The second kappa shape index (κ2) is 9.66. The molecule has 1 aliphatic rings. The van der Waals surface area contributed by atoms with Crippen molar-refractivity contribution in [3.8, 4) is 5.75 Å². The molecule has 3 rings (SSSR count). The Labute approximate surface area is 164 Å². The minimum atomic E-state index is -0.0545. The van der Waals surface area contributed by atoms with E-state index >= 15 is 0 Å². The molecule has 7 nitrogen and oxygen atoms in total. The number of benzene rings is 1. The molecule has 0 radical (unpaired) electrons. The summed E-state index contributed by atoms with van der Waals surface area (Å²) in [6.45, 7) is 7.40. The highest BCUT2D eigenvalue weighted by Crippen LogP contribution is 2.28. The third-order valence-electron chi connectivity index (χ3n) is 4.76. The Hall–Kier alpha value is -2.19. The molecule has 0 spiro atoms. The van der Waals surface area contributed by atoms with Gasteiger partial charge in [-0.1, -0.05) is 30.0 Å².